The van der Waals surface area contributed by atoms with E-state index in [1.807, 2.05) is 6.07 Å². The molecule has 3 heterocycles. The molecular weight excluding hydrogens is 396 g/mol. The molecule has 0 saturated heterocycles. The molecule has 0 bridgehead atoms. The van der Waals surface area contributed by atoms with Gasteiger partial charge in [-0.2, -0.15) is 0 Å². The zero-order chi connectivity index (χ0) is 21.4. The molecule has 2 aromatic rings. The number of amides is 2. The van der Waals surface area contributed by atoms with E-state index in [2.05, 4.69) is 38.7 Å². The molecule has 3 N–H and O–H groups in total. The molecule has 1 fully saturated rings. The molecule has 1 atom stereocenters. The summed E-state index contributed by atoms with van der Waals surface area (Å²) in [6.45, 7) is 2.30. The SMILES string of the molecule is O=C(NCC(O)CN1CCc2ccccc2C1)c1ccc2c(n1)NC(=O)C1(CCC1)O2. The molecule has 8 nitrogen and oxygen atoms in total. The van der Waals surface area contributed by atoms with Gasteiger partial charge in [0.15, 0.2) is 17.2 Å². The highest BCUT2D eigenvalue weighted by molar-refractivity contribution is 6.01. The first-order valence-corrected chi connectivity index (χ1v) is 10.8. The first-order chi connectivity index (χ1) is 15.0. The van der Waals surface area contributed by atoms with Crippen molar-refractivity contribution >= 4 is 17.6 Å². The van der Waals surface area contributed by atoms with Crippen LogP contribution in [0, 0.1) is 0 Å². The van der Waals surface area contributed by atoms with Crippen molar-refractivity contribution in [2.45, 2.75) is 43.9 Å². The number of benzene rings is 1. The van der Waals surface area contributed by atoms with Crippen molar-refractivity contribution in [2.24, 2.45) is 0 Å². The quantitative estimate of drug-likeness (QED) is 0.675. The number of anilines is 1. The van der Waals surface area contributed by atoms with Crippen LogP contribution in [0.3, 0.4) is 0 Å². The lowest BCUT2D eigenvalue weighted by molar-refractivity contribution is -0.140. The Kier molecular flexibility index (Phi) is 5.11. The summed E-state index contributed by atoms with van der Waals surface area (Å²) < 4.78 is 5.86. The molecule has 1 aliphatic carbocycles. The molecule has 1 spiro atoms. The van der Waals surface area contributed by atoms with Crippen LogP contribution in [0.15, 0.2) is 36.4 Å². The number of nitrogens with zero attached hydrogens (tertiary/aromatic N) is 2. The third-order valence-electron chi connectivity index (χ3n) is 6.38. The fraction of sp³-hybridized carbons (Fsp3) is 0.435. The molecule has 1 aromatic heterocycles. The Morgan fingerprint density at radius 2 is 2.06 bits per heavy atom. The van der Waals surface area contributed by atoms with E-state index in [0.29, 0.717) is 25.1 Å². The summed E-state index contributed by atoms with van der Waals surface area (Å²) >= 11 is 0. The molecular formula is C23H26N4O4. The molecule has 0 radical (unpaired) electrons. The van der Waals surface area contributed by atoms with Crippen LogP contribution in [0.2, 0.25) is 0 Å². The number of rotatable bonds is 5. The zero-order valence-corrected chi connectivity index (χ0v) is 17.3. The highest BCUT2D eigenvalue weighted by Crippen LogP contribution is 2.42. The van der Waals surface area contributed by atoms with Gasteiger partial charge >= 0.3 is 0 Å². The maximum atomic E-state index is 12.5. The first-order valence-electron chi connectivity index (χ1n) is 10.8. The highest BCUT2D eigenvalue weighted by Gasteiger charge is 2.50. The van der Waals surface area contributed by atoms with E-state index in [1.54, 1.807) is 12.1 Å². The zero-order valence-electron chi connectivity index (χ0n) is 17.3. The van der Waals surface area contributed by atoms with Crippen LogP contribution < -0.4 is 15.4 Å². The van der Waals surface area contributed by atoms with Gasteiger partial charge in [-0.05, 0) is 48.9 Å². The summed E-state index contributed by atoms with van der Waals surface area (Å²) in [4.78, 5) is 31.3. The number of hydrogen-bond acceptors (Lipinski definition) is 6. The van der Waals surface area contributed by atoms with Gasteiger partial charge in [-0.3, -0.25) is 14.5 Å². The predicted octanol–water partition coefficient (Wildman–Crippen LogP) is 1.48. The molecule has 1 saturated carbocycles. The van der Waals surface area contributed by atoms with E-state index in [9.17, 15) is 14.7 Å². The van der Waals surface area contributed by atoms with Gasteiger partial charge in [-0.15, -0.1) is 0 Å². The maximum Gasteiger partial charge on any atom is 0.270 e. The van der Waals surface area contributed by atoms with E-state index in [0.717, 1.165) is 25.9 Å². The van der Waals surface area contributed by atoms with Gasteiger partial charge in [-0.25, -0.2) is 4.98 Å². The third kappa shape index (κ3) is 3.88. The second-order valence-corrected chi connectivity index (χ2v) is 8.56. The molecule has 31 heavy (non-hydrogen) atoms. The van der Waals surface area contributed by atoms with Crippen LogP contribution >= 0.6 is 0 Å². The van der Waals surface area contributed by atoms with E-state index in [-0.39, 0.29) is 24.0 Å². The van der Waals surface area contributed by atoms with Crippen LogP contribution in [0.25, 0.3) is 0 Å². The van der Waals surface area contributed by atoms with E-state index in [4.69, 9.17) is 4.74 Å². The van der Waals surface area contributed by atoms with E-state index in [1.165, 1.54) is 11.1 Å². The minimum absolute atomic E-state index is 0.127. The third-order valence-corrected chi connectivity index (χ3v) is 6.38. The highest BCUT2D eigenvalue weighted by atomic mass is 16.5. The van der Waals surface area contributed by atoms with Gasteiger partial charge < -0.3 is 20.5 Å². The Balaban J connectivity index is 1.15. The predicted molar refractivity (Wildman–Crippen MR) is 114 cm³/mol. The Labute approximate surface area is 180 Å². The number of ether oxygens (including phenoxy) is 1. The summed E-state index contributed by atoms with van der Waals surface area (Å²) in [6, 6.07) is 11.6. The van der Waals surface area contributed by atoms with Crippen molar-refractivity contribution in [3.05, 3.63) is 53.2 Å². The number of carbonyl (C=O) groups is 2. The summed E-state index contributed by atoms with van der Waals surface area (Å²) in [7, 11) is 0. The smallest absolute Gasteiger partial charge is 0.270 e. The van der Waals surface area contributed by atoms with Gasteiger partial charge in [0.2, 0.25) is 0 Å². The minimum atomic E-state index is -0.766. The number of pyridine rings is 1. The average molecular weight is 422 g/mol. The Morgan fingerprint density at radius 1 is 1.26 bits per heavy atom. The lowest BCUT2D eigenvalue weighted by Gasteiger charge is -2.42. The van der Waals surface area contributed by atoms with Crippen LogP contribution in [0.4, 0.5) is 5.82 Å². The fourth-order valence-electron chi connectivity index (χ4n) is 4.42. The van der Waals surface area contributed by atoms with Gasteiger partial charge in [0.05, 0.1) is 6.10 Å². The van der Waals surface area contributed by atoms with Crippen LogP contribution in [0.1, 0.15) is 40.9 Å². The average Bonchev–Trinajstić information content (AvgIpc) is 2.75. The first kappa shape index (κ1) is 20.0. The summed E-state index contributed by atoms with van der Waals surface area (Å²) in [5.41, 5.74) is 2.05. The lowest BCUT2D eigenvalue weighted by atomic mass is 9.78. The fourth-order valence-corrected chi connectivity index (χ4v) is 4.42. The number of nitrogens with one attached hydrogen (secondary N) is 2. The molecule has 3 aliphatic rings. The molecule has 2 aliphatic heterocycles. The van der Waals surface area contributed by atoms with Gasteiger partial charge in [0.1, 0.15) is 5.69 Å². The number of hydrogen-bond donors (Lipinski definition) is 3. The standard InChI is InChI=1S/C23H26N4O4/c28-17(14-27-11-8-15-4-1-2-5-16(15)13-27)12-24-21(29)18-6-7-19-20(25-18)26-22(30)23(31-19)9-3-10-23/h1-2,4-7,17,28H,3,8-14H2,(H,24,29)(H,25,26,30). The second kappa shape index (κ2) is 7.94. The number of β-amino-alcohol motifs (C(OH)–C–C–N with tert-alkyl or cyclic N) is 1. The van der Waals surface area contributed by atoms with Crippen molar-refractivity contribution in [1.82, 2.24) is 15.2 Å². The molecule has 5 rings (SSSR count). The Morgan fingerprint density at radius 3 is 2.84 bits per heavy atom. The van der Waals surface area contributed by atoms with Crippen LogP contribution in [-0.4, -0.2) is 58.1 Å². The topological polar surface area (TPSA) is 104 Å². The normalized spacial score (nSPS) is 20.0. The van der Waals surface area contributed by atoms with E-state index >= 15 is 0 Å². The number of aromatic nitrogens is 1. The van der Waals surface area contributed by atoms with Gasteiger partial charge in [-0.1, -0.05) is 24.3 Å². The summed E-state index contributed by atoms with van der Waals surface area (Å²) in [6.07, 6.45) is 2.63. The van der Waals surface area contributed by atoms with Crippen molar-refractivity contribution in [3.63, 3.8) is 0 Å². The molecule has 1 aromatic carbocycles. The maximum absolute atomic E-state index is 12.5. The van der Waals surface area contributed by atoms with Crippen LogP contribution in [-0.2, 0) is 17.8 Å². The summed E-state index contributed by atoms with van der Waals surface area (Å²) in [5, 5.41) is 15.9. The van der Waals surface area contributed by atoms with Crippen molar-refractivity contribution in [3.8, 4) is 5.75 Å². The minimum Gasteiger partial charge on any atom is -0.474 e. The second-order valence-electron chi connectivity index (χ2n) is 8.56. The molecule has 8 heteroatoms. The Bertz CT molecular complexity index is 1020. The lowest BCUT2D eigenvalue weighted by Crippen LogP contribution is -2.55. The molecule has 162 valence electrons. The van der Waals surface area contributed by atoms with Gasteiger partial charge in [0.25, 0.3) is 11.8 Å². The number of aliphatic hydroxyl groups is 1. The van der Waals surface area contributed by atoms with Gasteiger partial charge in [0, 0.05) is 26.2 Å². The Hall–Kier alpha value is -2.97. The van der Waals surface area contributed by atoms with E-state index < -0.39 is 17.6 Å². The molecule has 2 amide bonds. The monoisotopic (exact) mass is 422 g/mol. The number of carbonyl (C=O) groups excluding carboxylic acids is 2. The largest absolute Gasteiger partial charge is 0.474 e. The van der Waals surface area contributed by atoms with Crippen LogP contribution in [0.5, 0.6) is 5.75 Å². The summed E-state index contributed by atoms with van der Waals surface area (Å²) in [5.74, 6) is 0.155. The van der Waals surface area contributed by atoms with Crippen molar-refractivity contribution in [2.75, 3.05) is 25.0 Å². The molecule has 1 unspecified atom stereocenters. The number of fused-ring (bicyclic) bond motifs is 2. The van der Waals surface area contributed by atoms with Crippen molar-refractivity contribution in [1.29, 1.82) is 0 Å². The van der Waals surface area contributed by atoms with Crippen molar-refractivity contribution < 1.29 is 19.4 Å². The number of aliphatic hydroxyl groups excluding tert-OH is 1.